The van der Waals surface area contributed by atoms with Gasteiger partial charge in [-0.2, -0.15) is 0 Å². The Bertz CT molecular complexity index is 1870. The summed E-state index contributed by atoms with van der Waals surface area (Å²) in [5, 5.41) is 0. The number of methoxy groups -OCH3 is 1. The summed E-state index contributed by atoms with van der Waals surface area (Å²) in [6, 6.07) is 17.4. The number of hydrogen-bond donors (Lipinski definition) is 0. The molecule has 3 heterocycles. The molecule has 0 radical (unpaired) electrons. The molecule has 0 spiro atoms. The Hall–Kier alpha value is -5.24. The van der Waals surface area contributed by atoms with E-state index >= 15 is 0 Å². The molecule has 2 aliphatic rings. The number of anilines is 1. The average Bonchev–Trinajstić information content (AvgIpc) is 3.48. The SMILES string of the molecule is COCOc1cc(OCCCN(C(=O)OC(C)(C)C)c2ccccn2)cc2c1C(=O)O[C@@H](C)[C@H](C)/C=C\C(OC(=O)c1ccccc1)C1OC(C)(C)OC1C/C=C/2. The van der Waals surface area contributed by atoms with Crippen molar-refractivity contribution in [2.45, 2.75) is 97.1 Å². The predicted molar refractivity (Wildman–Crippen MR) is 213 cm³/mol. The number of rotatable bonds is 11. The molecule has 0 N–H and O–H groups in total. The van der Waals surface area contributed by atoms with Gasteiger partial charge in [0.15, 0.2) is 12.6 Å². The number of carbonyl (C=O) groups excluding carboxylic acids is 3. The maximum Gasteiger partial charge on any atom is 0.416 e. The van der Waals surface area contributed by atoms with E-state index in [4.69, 9.17) is 37.9 Å². The second kappa shape index (κ2) is 19.3. The van der Waals surface area contributed by atoms with Crippen molar-refractivity contribution >= 4 is 29.9 Å². The molecule has 57 heavy (non-hydrogen) atoms. The summed E-state index contributed by atoms with van der Waals surface area (Å²) >= 11 is 0. The van der Waals surface area contributed by atoms with E-state index < -0.39 is 53.8 Å². The second-order valence-corrected chi connectivity index (χ2v) is 15.3. The summed E-state index contributed by atoms with van der Waals surface area (Å²) < 4.78 is 47.8. The highest BCUT2D eigenvalue weighted by Crippen LogP contribution is 2.36. The molecule has 2 aromatic carbocycles. The van der Waals surface area contributed by atoms with Gasteiger partial charge in [-0.1, -0.05) is 49.4 Å². The Balaban J connectivity index is 1.43. The van der Waals surface area contributed by atoms with Crippen molar-refractivity contribution in [2.24, 2.45) is 5.92 Å². The molecule has 13 nitrogen and oxygen atoms in total. The van der Waals surface area contributed by atoms with E-state index in [1.54, 1.807) is 101 Å². The van der Waals surface area contributed by atoms with Crippen molar-refractivity contribution in [3.8, 4) is 11.5 Å². The first kappa shape index (κ1) is 42.9. The number of nitrogens with zero attached hydrogens (tertiary/aromatic N) is 2. The van der Waals surface area contributed by atoms with Gasteiger partial charge in [0.2, 0.25) is 0 Å². The first-order valence-corrected chi connectivity index (χ1v) is 19.2. The predicted octanol–water partition coefficient (Wildman–Crippen LogP) is 8.18. The van der Waals surface area contributed by atoms with E-state index in [9.17, 15) is 14.4 Å². The van der Waals surface area contributed by atoms with Crippen LogP contribution in [-0.2, 0) is 28.4 Å². The van der Waals surface area contributed by atoms with Gasteiger partial charge in [-0.15, -0.1) is 0 Å². The van der Waals surface area contributed by atoms with E-state index in [1.165, 1.54) is 12.0 Å². The van der Waals surface area contributed by atoms with Gasteiger partial charge in [-0.3, -0.25) is 4.90 Å². The van der Waals surface area contributed by atoms with E-state index in [0.29, 0.717) is 35.5 Å². The zero-order chi connectivity index (χ0) is 41.2. The Labute approximate surface area is 334 Å². The van der Waals surface area contributed by atoms with Gasteiger partial charge in [-0.25, -0.2) is 19.4 Å². The fourth-order valence-electron chi connectivity index (χ4n) is 6.23. The molecular weight excluding hydrogens is 732 g/mol. The van der Waals surface area contributed by atoms with Gasteiger partial charge in [0.25, 0.3) is 0 Å². The molecular formula is C44H54N2O11. The van der Waals surface area contributed by atoms with Crippen LogP contribution in [0.3, 0.4) is 0 Å². The van der Waals surface area contributed by atoms with Gasteiger partial charge in [0.05, 0.1) is 18.3 Å². The number of esters is 2. The van der Waals surface area contributed by atoms with Crippen LogP contribution in [0.4, 0.5) is 10.6 Å². The molecule has 0 aliphatic carbocycles. The van der Waals surface area contributed by atoms with Gasteiger partial charge >= 0.3 is 18.0 Å². The van der Waals surface area contributed by atoms with Crippen LogP contribution in [0.25, 0.3) is 6.08 Å². The molecule has 1 saturated heterocycles. The molecule has 5 rings (SSSR count). The van der Waals surface area contributed by atoms with E-state index in [0.717, 1.165) is 0 Å². The zero-order valence-corrected chi connectivity index (χ0v) is 34.0. The lowest BCUT2D eigenvalue weighted by Gasteiger charge is -2.26. The summed E-state index contributed by atoms with van der Waals surface area (Å²) in [6.07, 6.45) is 6.57. The lowest BCUT2D eigenvalue weighted by Crippen LogP contribution is -2.38. The van der Waals surface area contributed by atoms with Crippen LogP contribution in [0.5, 0.6) is 11.5 Å². The summed E-state index contributed by atoms with van der Waals surface area (Å²) in [4.78, 5) is 46.2. The molecule has 3 unspecified atom stereocenters. The number of ether oxygens (including phenoxy) is 8. The third kappa shape index (κ3) is 12.1. The molecule has 0 bridgehead atoms. The van der Waals surface area contributed by atoms with Crippen LogP contribution in [0.15, 0.2) is 85.1 Å². The first-order chi connectivity index (χ1) is 27.1. The topological polar surface area (TPSA) is 141 Å². The molecule has 3 aromatic rings. The molecule has 0 saturated carbocycles. The van der Waals surface area contributed by atoms with Gasteiger partial charge in [0.1, 0.15) is 46.8 Å². The third-order valence-electron chi connectivity index (χ3n) is 9.08. The summed E-state index contributed by atoms with van der Waals surface area (Å²) in [7, 11) is 1.48. The van der Waals surface area contributed by atoms with E-state index in [-0.39, 0.29) is 37.2 Å². The first-order valence-electron chi connectivity index (χ1n) is 19.2. The Morgan fingerprint density at radius 1 is 0.982 bits per heavy atom. The van der Waals surface area contributed by atoms with Gasteiger partial charge in [-0.05, 0) is 96.4 Å². The number of carbonyl (C=O) groups is 3. The summed E-state index contributed by atoms with van der Waals surface area (Å²) in [6.45, 7) is 13.1. The molecule has 1 amide bonds. The number of cyclic esters (lactones) is 1. The highest BCUT2D eigenvalue weighted by Gasteiger charge is 2.45. The molecule has 13 heteroatoms. The number of pyridine rings is 1. The zero-order valence-electron chi connectivity index (χ0n) is 34.0. The van der Waals surface area contributed by atoms with Crippen molar-refractivity contribution < 1.29 is 52.3 Å². The van der Waals surface area contributed by atoms with Crippen LogP contribution < -0.4 is 14.4 Å². The number of aromatic nitrogens is 1. The highest BCUT2D eigenvalue weighted by molar-refractivity contribution is 5.97. The Morgan fingerprint density at radius 3 is 2.44 bits per heavy atom. The smallest absolute Gasteiger partial charge is 0.416 e. The summed E-state index contributed by atoms with van der Waals surface area (Å²) in [5.41, 5.74) is 0.379. The van der Waals surface area contributed by atoms with Crippen LogP contribution in [0.2, 0.25) is 0 Å². The van der Waals surface area contributed by atoms with Crippen molar-refractivity contribution in [3.63, 3.8) is 0 Å². The number of benzene rings is 2. The lowest BCUT2D eigenvalue weighted by atomic mass is 9.98. The normalized spacial score (nSPS) is 23.1. The van der Waals surface area contributed by atoms with Crippen molar-refractivity contribution in [2.75, 3.05) is 32.0 Å². The Morgan fingerprint density at radius 2 is 1.74 bits per heavy atom. The second-order valence-electron chi connectivity index (χ2n) is 15.3. The number of fused-ring (bicyclic) bond motifs is 2. The van der Waals surface area contributed by atoms with E-state index in [1.807, 2.05) is 39.0 Å². The maximum atomic E-state index is 14.0. The van der Waals surface area contributed by atoms with Gasteiger partial charge in [0, 0.05) is 31.8 Å². The van der Waals surface area contributed by atoms with Crippen LogP contribution in [-0.4, -0.2) is 85.9 Å². The molecule has 1 fully saturated rings. The molecule has 2 aliphatic heterocycles. The van der Waals surface area contributed by atoms with Crippen molar-refractivity contribution in [1.29, 1.82) is 0 Å². The van der Waals surface area contributed by atoms with Crippen molar-refractivity contribution in [3.05, 3.63) is 102 Å². The lowest BCUT2D eigenvalue weighted by molar-refractivity contribution is -0.152. The highest BCUT2D eigenvalue weighted by atomic mass is 16.8. The third-order valence-corrected chi connectivity index (χ3v) is 9.08. The summed E-state index contributed by atoms with van der Waals surface area (Å²) in [5.74, 6) is -1.28. The fourth-order valence-corrected chi connectivity index (χ4v) is 6.23. The molecule has 306 valence electrons. The van der Waals surface area contributed by atoms with E-state index in [2.05, 4.69) is 4.98 Å². The fraction of sp³-hybridized carbons (Fsp3) is 0.455. The Kier molecular flexibility index (Phi) is 14.5. The van der Waals surface area contributed by atoms with Crippen molar-refractivity contribution in [1.82, 2.24) is 4.98 Å². The largest absolute Gasteiger partial charge is 0.493 e. The quantitative estimate of drug-likeness (QED) is 0.0609. The standard InChI is InChI=1S/C44H54N2O11/c1-29-21-22-34(54-40(47)31-16-10-9-11-17-31)39-35(55-44(6,7)56-39)19-14-18-32-26-33(27-36(52-28-50-8)38(32)41(48)53-30(29)2)51-25-15-24-46(37-20-12-13-23-45-37)42(49)57-43(3,4)5/h9-14,16-18,20-23,26-27,29-30,34-35,39H,15,19,24-25,28H2,1-8H3/b18-14+,22-21-/t29-,30+,34?,35?,39?/m1/s1. The maximum absolute atomic E-state index is 14.0. The van der Waals surface area contributed by atoms with Gasteiger partial charge < -0.3 is 37.9 Å². The minimum absolute atomic E-state index is 0.135. The van der Waals surface area contributed by atoms with Crippen LogP contribution in [0, 0.1) is 5.92 Å². The average molecular weight is 787 g/mol. The van der Waals surface area contributed by atoms with Crippen LogP contribution >= 0.6 is 0 Å². The number of amides is 1. The minimum Gasteiger partial charge on any atom is -0.493 e. The monoisotopic (exact) mass is 786 g/mol. The molecule has 1 aromatic heterocycles. The number of hydrogen-bond acceptors (Lipinski definition) is 12. The molecule has 5 atom stereocenters. The van der Waals surface area contributed by atoms with Crippen LogP contribution in [0.1, 0.15) is 87.6 Å². The minimum atomic E-state index is -0.962.